The fourth-order valence-corrected chi connectivity index (χ4v) is 3.89. The second kappa shape index (κ2) is 5.02. The molecule has 3 N–H and O–H groups in total. The first-order chi connectivity index (χ1) is 9.14. The van der Waals surface area contributed by atoms with Crippen molar-refractivity contribution in [1.82, 2.24) is 0 Å². The van der Waals surface area contributed by atoms with E-state index >= 15 is 0 Å². The van der Waals surface area contributed by atoms with E-state index in [1.165, 1.54) is 5.56 Å². The van der Waals surface area contributed by atoms with Gasteiger partial charge >= 0.3 is 0 Å². The zero-order chi connectivity index (χ0) is 13.5. The van der Waals surface area contributed by atoms with Crippen molar-refractivity contribution in [3.8, 4) is 0 Å². The molecule has 2 aromatic rings. The van der Waals surface area contributed by atoms with Crippen LogP contribution in [0.15, 0.2) is 40.2 Å². The number of hydrogen-bond acceptors (Lipinski definition) is 3. The van der Waals surface area contributed by atoms with Crippen LogP contribution in [0.1, 0.15) is 34.9 Å². The van der Waals surface area contributed by atoms with E-state index in [2.05, 4.69) is 28.1 Å². The van der Waals surface area contributed by atoms with Gasteiger partial charge in [-0.05, 0) is 46.0 Å². The first-order valence-corrected chi connectivity index (χ1v) is 8.04. The van der Waals surface area contributed by atoms with E-state index in [0.29, 0.717) is 6.54 Å². The summed E-state index contributed by atoms with van der Waals surface area (Å²) in [4.78, 5) is 0.960. The van der Waals surface area contributed by atoms with E-state index in [4.69, 9.17) is 5.73 Å². The highest BCUT2D eigenvalue weighted by atomic mass is 79.9. The normalized spacial score (nSPS) is 18.3. The third kappa shape index (κ3) is 2.50. The Kier molecular flexibility index (Phi) is 3.52. The Morgan fingerprint density at radius 3 is 2.74 bits per heavy atom. The van der Waals surface area contributed by atoms with Crippen LogP contribution in [0, 0.1) is 0 Å². The van der Waals surface area contributed by atoms with Crippen molar-refractivity contribution in [3.63, 3.8) is 0 Å². The Labute approximate surface area is 125 Å². The minimum Gasteiger partial charge on any atom is -0.383 e. The summed E-state index contributed by atoms with van der Waals surface area (Å²) in [5, 5.41) is 12.4. The van der Waals surface area contributed by atoms with Crippen LogP contribution in [-0.4, -0.2) is 11.7 Å². The Morgan fingerprint density at radius 2 is 2.16 bits per heavy atom. The molecule has 100 valence electrons. The predicted octanol–water partition coefficient (Wildman–Crippen LogP) is 3.58. The van der Waals surface area contributed by atoms with Gasteiger partial charge in [0.25, 0.3) is 0 Å². The average molecular weight is 338 g/mol. The third-order valence-corrected chi connectivity index (χ3v) is 5.66. The van der Waals surface area contributed by atoms with Gasteiger partial charge in [0.05, 0.1) is 0 Å². The van der Waals surface area contributed by atoms with Crippen LogP contribution in [-0.2, 0) is 5.41 Å². The Morgan fingerprint density at radius 1 is 1.37 bits per heavy atom. The third-order valence-electron chi connectivity index (χ3n) is 3.92. The molecular weight excluding hydrogens is 322 g/mol. The van der Waals surface area contributed by atoms with Crippen molar-refractivity contribution in [2.75, 3.05) is 6.54 Å². The molecule has 1 unspecified atom stereocenters. The van der Waals surface area contributed by atoms with Crippen molar-refractivity contribution in [1.29, 1.82) is 0 Å². The van der Waals surface area contributed by atoms with E-state index in [0.717, 1.165) is 27.8 Å². The first kappa shape index (κ1) is 13.3. The van der Waals surface area contributed by atoms with Gasteiger partial charge < -0.3 is 10.8 Å². The minimum absolute atomic E-state index is 0.172. The molecule has 0 bridgehead atoms. The molecule has 0 radical (unpaired) electrons. The number of hydrogen-bond donors (Lipinski definition) is 2. The summed E-state index contributed by atoms with van der Waals surface area (Å²) in [6.07, 6.45) is 1.77. The number of nitrogens with two attached hydrogens (primary N) is 1. The van der Waals surface area contributed by atoms with Gasteiger partial charge in [0.15, 0.2) is 0 Å². The molecule has 1 atom stereocenters. The van der Waals surface area contributed by atoms with Gasteiger partial charge in [0.1, 0.15) is 6.10 Å². The Hall–Kier alpha value is -0.680. The molecule has 0 spiro atoms. The summed E-state index contributed by atoms with van der Waals surface area (Å²) < 4.78 is 1.02. The van der Waals surface area contributed by atoms with Crippen molar-refractivity contribution in [3.05, 3.63) is 56.2 Å². The smallest absolute Gasteiger partial charge is 0.113 e. The highest BCUT2D eigenvalue weighted by Crippen LogP contribution is 2.47. The quantitative estimate of drug-likeness (QED) is 0.895. The molecule has 2 nitrogen and oxygen atoms in total. The van der Waals surface area contributed by atoms with Crippen molar-refractivity contribution >= 4 is 27.3 Å². The Bertz CT molecular complexity index is 591. The SMILES string of the molecule is NCC1(c2cccc(C(O)c3cc(Br)cs3)c2)CC1. The summed E-state index contributed by atoms with van der Waals surface area (Å²) in [6.45, 7) is 0.692. The second-order valence-electron chi connectivity index (χ2n) is 5.18. The minimum atomic E-state index is -0.551. The number of rotatable bonds is 4. The van der Waals surface area contributed by atoms with Gasteiger partial charge in [0, 0.05) is 26.7 Å². The van der Waals surface area contributed by atoms with Crippen LogP contribution < -0.4 is 5.73 Å². The van der Waals surface area contributed by atoms with E-state index in [1.807, 2.05) is 23.6 Å². The molecule has 1 aliphatic carbocycles. The summed E-state index contributed by atoms with van der Waals surface area (Å²) in [5.74, 6) is 0. The van der Waals surface area contributed by atoms with Crippen molar-refractivity contribution in [2.24, 2.45) is 5.73 Å². The fourth-order valence-electron chi connectivity index (χ4n) is 2.44. The molecule has 1 fully saturated rings. The van der Waals surface area contributed by atoms with Crippen LogP contribution in [0.3, 0.4) is 0 Å². The van der Waals surface area contributed by atoms with Gasteiger partial charge in [-0.25, -0.2) is 0 Å². The summed E-state index contributed by atoms with van der Waals surface area (Å²) in [5.41, 5.74) is 8.26. The largest absolute Gasteiger partial charge is 0.383 e. The number of aliphatic hydroxyl groups excluding tert-OH is 1. The maximum atomic E-state index is 10.4. The van der Waals surface area contributed by atoms with Gasteiger partial charge in [-0.2, -0.15) is 0 Å². The summed E-state index contributed by atoms with van der Waals surface area (Å²) >= 11 is 4.99. The average Bonchev–Trinajstić information content (AvgIpc) is 3.14. The molecular formula is C15H16BrNOS. The molecule has 0 amide bonds. The molecule has 1 aliphatic rings. The molecule has 1 aromatic heterocycles. The molecule has 3 rings (SSSR count). The molecule has 1 aromatic carbocycles. The van der Waals surface area contributed by atoms with E-state index < -0.39 is 6.10 Å². The lowest BCUT2D eigenvalue weighted by atomic mass is 9.93. The van der Waals surface area contributed by atoms with Crippen LogP contribution >= 0.6 is 27.3 Å². The fraction of sp³-hybridized carbons (Fsp3) is 0.333. The van der Waals surface area contributed by atoms with Gasteiger partial charge in [0.2, 0.25) is 0 Å². The van der Waals surface area contributed by atoms with Crippen LogP contribution in [0.5, 0.6) is 0 Å². The Balaban J connectivity index is 1.91. The lowest BCUT2D eigenvalue weighted by Crippen LogP contribution is -2.19. The topological polar surface area (TPSA) is 46.2 Å². The lowest BCUT2D eigenvalue weighted by molar-refractivity contribution is 0.224. The van der Waals surface area contributed by atoms with E-state index in [-0.39, 0.29) is 5.41 Å². The van der Waals surface area contributed by atoms with Crippen LogP contribution in [0.2, 0.25) is 0 Å². The lowest BCUT2D eigenvalue weighted by Gasteiger charge is -2.16. The maximum absolute atomic E-state index is 10.4. The molecule has 0 saturated heterocycles. The monoisotopic (exact) mass is 337 g/mol. The second-order valence-corrected chi connectivity index (χ2v) is 7.04. The van der Waals surface area contributed by atoms with E-state index in [9.17, 15) is 5.11 Å². The van der Waals surface area contributed by atoms with Crippen molar-refractivity contribution < 1.29 is 5.11 Å². The van der Waals surface area contributed by atoms with Gasteiger partial charge in [-0.3, -0.25) is 0 Å². The summed E-state index contributed by atoms with van der Waals surface area (Å²) in [7, 11) is 0. The number of benzene rings is 1. The molecule has 1 saturated carbocycles. The van der Waals surface area contributed by atoms with Crippen LogP contribution in [0.4, 0.5) is 0 Å². The zero-order valence-corrected chi connectivity index (χ0v) is 12.9. The predicted molar refractivity (Wildman–Crippen MR) is 82.5 cm³/mol. The van der Waals surface area contributed by atoms with Crippen LogP contribution in [0.25, 0.3) is 0 Å². The van der Waals surface area contributed by atoms with Gasteiger partial charge in [-0.1, -0.05) is 24.3 Å². The van der Waals surface area contributed by atoms with Gasteiger partial charge in [-0.15, -0.1) is 11.3 Å². The number of thiophene rings is 1. The zero-order valence-electron chi connectivity index (χ0n) is 10.5. The summed E-state index contributed by atoms with van der Waals surface area (Å²) in [6, 6.07) is 10.2. The highest BCUT2D eigenvalue weighted by molar-refractivity contribution is 9.10. The maximum Gasteiger partial charge on any atom is 0.113 e. The molecule has 1 heterocycles. The molecule has 4 heteroatoms. The highest BCUT2D eigenvalue weighted by Gasteiger charge is 2.42. The standard InChI is InChI=1S/C15H16BrNOS/c16-12-7-13(19-8-12)14(18)10-2-1-3-11(6-10)15(9-17)4-5-15/h1-3,6-8,14,18H,4-5,9,17H2. The van der Waals surface area contributed by atoms with E-state index in [1.54, 1.807) is 11.3 Å². The molecule has 19 heavy (non-hydrogen) atoms. The number of halogens is 1. The first-order valence-electron chi connectivity index (χ1n) is 6.37. The molecule has 0 aliphatic heterocycles. The van der Waals surface area contributed by atoms with Crippen molar-refractivity contribution in [2.45, 2.75) is 24.4 Å². The number of aliphatic hydroxyl groups is 1.